The van der Waals surface area contributed by atoms with E-state index in [9.17, 15) is 26.0 Å². The largest absolute Gasteiger partial charge is 0.573 e. The van der Waals surface area contributed by atoms with Gasteiger partial charge in [0.2, 0.25) is 10.0 Å². The number of hydrogen-bond donors (Lipinski definition) is 2. The quantitative estimate of drug-likeness (QED) is 0.734. The second-order valence-electron chi connectivity index (χ2n) is 5.33. The molecule has 0 radical (unpaired) electrons. The summed E-state index contributed by atoms with van der Waals surface area (Å²) in [6.45, 7) is 1.68. The number of halogens is 4. The van der Waals surface area contributed by atoms with Crippen LogP contribution in [0.5, 0.6) is 5.75 Å². The van der Waals surface area contributed by atoms with Gasteiger partial charge in [0.25, 0.3) is 0 Å². The Kier molecular flexibility index (Phi) is 5.77. The number of sulfonamides is 1. The second-order valence-corrected chi connectivity index (χ2v) is 7.22. The van der Waals surface area contributed by atoms with Gasteiger partial charge in [0.1, 0.15) is 11.6 Å². The Morgan fingerprint density at radius 2 is 1.69 bits per heavy atom. The molecule has 10 heteroatoms. The van der Waals surface area contributed by atoms with Crippen molar-refractivity contribution in [2.75, 3.05) is 12.4 Å². The number of hydrogen-bond acceptors (Lipinski definition) is 4. The van der Waals surface area contributed by atoms with Gasteiger partial charge in [-0.25, -0.2) is 17.5 Å². The van der Waals surface area contributed by atoms with Gasteiger partial charge in [-0.05, 0) is 49.9 Å². The molecule has 0 bridgehead atoms. The highest BCUT2D eigenvalue weighted by atomic mass is 32.2. The molecule has 0 aromatic heterocycles. The van der Waals surface area contributed by atoms with Crippen LogP contribution in [-0.4, -0.2) is 21.8 Å². The normalized spacial score (nSPS) is 13.3. The topological polar surface area (TPSA) is 67.4 Å². The minimum absolute atomic E-state index is 0.0585. The Labute approximate surface area is 148 Å². The van der Waals surface area contributed by atoms with Crippen molar-refractivity contribution in [2.45, 2.75) is 24.2 Å². The molecule has 5 nitrogen and oxygen atoms in total. The van der Waals surface area contributed by atoms with E-state index >= 15 is 0 Å². The van der Waals surface area contributed by atoms with Crippen molar-refractivity contribution in [3.8, 4) is 5.75 Å². The van der Waals surface area contributed by atoms with Crippen molar-refractivity contribution >= 4 is 15.7 Å². The third-order valence-electron chi connectivity index (χ3n) is 3.51. The van der Waals surface area contributed by atoms with Gasteiger partial charge in [0.05, 0.1) is 10.6 Å². The molecule has 2 aromatic rings. The number of alkyl halides is 3. The molecule has 2 N–H and O–H groups in total. The molecular weight excluding hydrogens is 376 g/mol. The fraction of sp³-hybridized carbons (Fsp3) is 0.250. The van der Waals surface area contributed by atoms with E-state index in [0.29, 0.717) is 5.56 Å². The van der Waals surface area contributed by atoms with Gasteiger partial charge in [-0.15, -0.1) is 13.2 Å². The van der Waals surface area contributed by atoms with E-state index in [1.165, 1.54) is 31.3 Å². The molecule has 0 aliphatic carbocycles. The first-order valence-electron chi connectivity index (χ1n) is 7.37. The average molecular weight is 392 g/mol. The minimum Gasteiger partial charge on any atom is -0.406 e. The summed E-state index contributed by atoms with van der Waals surface area (Å²) in [5.74, 6) is -1.13. The molecule has 0 aliphatic heterocycles. The van der Waals surface area contributed by atoms with E-state index in [1.807, 2.05) is 0 Å². The standard InChI is InChI=1S/C16H16F4N2O3S/c1-10(11-3-5-12(6-4-11)25-16(18,19)20)22-15-8-7-13(9-14(15)17)26(23,24)21-2/h3-10,21-22H,1-2H3/t10-/m0/s1. The van der Waals surface area contributed by atoms with Crippen molar-refractivity contribution in [1.29, 1.82) is 0 Å². The fourth-order valence-corrected chi connectivity index (χ4v) is 2.91. The van der Waals surface area contributed by atoms with E-state index in [0.717, 1.165) is 18.2 Å². The molecule has 0 unspecified atom stereocenters. The van der Waals surface area contributed by atoms with Crippen LogP contribution < -0.4 is 14.8 Å². The molecule has 0 amide bonds. The van der Waals surface area contributed by atoms with Crippen molar-refractivity contribution in [2.24, 2.45) is 0 Å². The lowest BCUT2D eigenvalue weighted by Gasteiger charge is -2.17. The smallest absolute Gasteiger partial charge is 0.406 e. The third kappa shape index (κ3) is 5.09. The number of anilines is 1. The minimum atomic E-state index is -4.77. The Balaban J connectivity index is 2.13. The Morgan fingerprint density at radius 1 is 1.08 bits per heavy atom. The molecule has 0 spiro atoms. The molecular formula is C16H16F4N2O3S. The molecule has 26 heavy (non-hydrogen) atoms. The highest BCUT2D eigenvalue weighted by Gasteiger charge is 2.31. The molecule has 142 valence electrons. The van der Waals surface area contributed by atoms with Crippen LogP contribution in [0.25, 0.3) is 0 Å². The molecule has 2 rings (SSSR count). The van der Waals surface area contributed by atoms with Crippen LogP contribution in [0.15, 0.2) is 47.4 Å². The monoisotopic (exact) mass is 392 g/mol. The summed E-state index contributed by atoms with van der Waals surface area (Å²) in [5, 5.41) is 2.84. The lowest BCUT2D eigenvalue weighted by molar-refractivity contribution is -0.274. The highest BCUT2D eigenvalue weighted by molar-refractivity contribution is 7.89. The van der Waals surface area contributed by atoms with Crippen LogP contribution in [0.1, 0.15) is 18.5 Å². The van der Waals surface area contributed by atoms with Crippen LogP contribution in [0.4, 0.5) is 23.2 Å². The van der Waals surface area contributed by atoms with Gasteiger partial charge < -0.3 is 10.1 Å². The number of benzene rings is 2. The third-order valence-corrected chi connectivity index (χ3v) is 4.92. The Bertz CT molecular complexity index is 868. The molecule has 0 saturated heterocycles. The maximum absolute atomic E-state index is 14.1. The first kappa shape index (κ1) is 20.0. The molecule has 0 aliphatic rings. The highest BCUT2D eigenvalue weighted by Crippen LogP contribution is 2.27. The van der Waals surface area contributed by atoms with Crippen molar-refractivity contribution < 1.29 is 30.7 Å². The van der Waals surface area contributed by atoms with E-state index < -0.39 is 28.2 Å². The second kappa shape index (κ2) is 7.50. The van der Waals surface area contributed by atoms with E-state index in [4.69, 9.17) is 0 Å². The SMILES string of the molecule is CNS(=O)(=O)c1ccc(N[C@@H](C)c2ccc(OC(F)(F)F)cc2)c(F)c1. The average Bonchev–Trinajstić information content (AvgIpc) is 2.55. The summed E-state index contributed by atoms with van der Waals surface area (Å²) in [4.78, 5) is -0.218. The van der Waals surface area contributed by atoms with Gasteiger partial charge >= 0.3 is 6.36 Å². The number of nitrogens with one attached hydrogen (secondary N) is 2. The summed E-state index contributed by atoms with van der Waals surface area (Å²) in [6.07, 6.45) is -4.77. The molecule has 1 atom stereocenters. The van der Waals surface area contributed by atoms with E-state index in [1.54, 1.807) is 6.92 Å². The zero-order chi connectivity index (χ0) is 19.5. The molecule has 0 saturated carbocycles. The van der Waals surface area contributed by atoms with E-state index in [2.05, 4.69) is 14.8 Å². The zero-order valence-corrected chi connectivity index (χ0v) is 14.6. The van der Waals surface area contributed by atoms with Gasteiger partial charge in [-0.1, -0.05) is 12.1 Å². The Morgan fingerprint density at radius 3 is 2.19 bits per heavy atom. The summed E-state index contributed by atoms with van der Waals surface area (Å²) >= 11 is 0. The van der Waals surface area contributed by atoms with Crippen molar-refractivity contribution in [3.05, 3.63) is 53.8 Å². The summed E-state index contributed by atoms with van der Waals surface area (Å²) in [5.41, 5.74) is 0.647. The molecule has 0 heterocycles. The van der Waals surface area contributed by atoms with Gasteiger partial charge in [-0.2, -0.15) is 0 Å². The Hall–Kier alpha value is -2.33. The predicted octanol–water partition coefficient (Wildman–Crippen LogP) is 3.81. The van der Waals surface area contributed by atoms with Crippen LogP contribution in [-0.2, 0) is 10.0 Å². The van der Waals surface area contributed by atoms with Crippen LogP contribution in [0, 0.1) is 5.82 Å². The van der Waals surface area contributed by atoms with Gasteiger partial charge in [-0.3, -0.25) is 0 Å². The summed E-state index contributed by atoms with van der Waals surface area (Å²) < 4.78 is 79.8. The maximum Gasteiger partial charge on any atom is 0.573 e. The van der Waals surface area contributed by atoms with Crippen molar-refractivity contribution in [3.63, 3.8) is 0 Å². The zero-order valence-electron chi connectivity index (χ0n) is 13.8. The maximum atomic E-state index is 14.1. The van der Waals surface area contributed by atoms with Crippen molar-refractivity contribution in [1.82, 2.24) is 4.72 Å². The van der Waals surface area contributed by atoms with Crippen LogP contribution in [0.3, 0.4) is 0 Å². The molecule has 2 aromatic carbocycles. The van der Waals surface area contributed by atoms with Crippen LogP contribution >= 0.6 is 0 Å². The number of rotatable bonds is 6. The van der Waals surface area contributed by atoms with E-state index in [-0.39, 0.29) is 16.3 Å². The van der Waals surface area contributed by atoms with Gasteiger partial charge in [0.15, 0.2) is 0 Å². The number of ether oxygens (including phenoxy) is 1. The fourth-order valence-electron chi connectivity index (χ4n) is 2.17. The lowest BCUT2D eigenvalue weighted by Crippen LogP contribution is -2.19. The van der Waals surface area contributed by atoms with Crippen LogP contribution in [0.2, 0.25) is 0 Å². The summed E-state index contributed by atoms with van der Waals surface area (Å²) in [6, 6.07) is 8.08. The first-order chi connectivity index (χ1) is 12.0. The summed E-state index contributed by atoms with van der Waals surface area (Å²) in [7, 11) is -2.55. The van der Waals surface area contributed by atoms with Gasteiger partial charge in [0, 0.05) is 6.04 Å². The first-order valence-corrected chi connectivity index (χ1v) is 8.85. The lowest BCUT2D eigenvalue weighted by atomic mass is 10.1. The molecule has 0 fully saturated rings. The predicted molar refractivity (Wildman–Crippen MR) is 87.8 cm³/mol.